The molecule has 6 nitrogen and oxygen atoms in total. The number of hydrogen-bond donors (Lipinski definition) is 3. The lowest BCUT2D eigenvalue weighted by molar-refractivity contribution is 0.0953. The maximum atomic E-state index is 12.5. The Morgan fingerprint density at radius 3 is 2.64 bits per heavy atom. The highest BCUT2D eigenvalue weighted by atomic mass is 32.1. The molecule has 0 unspecified atom stereocenters. The number of nitrogens with zero attached hydrogens (tertiary/aromatic N) is 1. The first-order valence-electron chi connectivity index (χ1n) is 9.53. The number of piperidine rings is 1. The van der Waals surface area contributed by atoms with Gasteiger partial charge in [-0.15, -0.1) is 11.3 Å². The van der Waals surface area contributed by atoms with Gasteiger partial charge in [-0.25, -0.2) is 0 Å². The molecule has 1 aromatic carbocycles. The molecule has 0 radical (unpaired) electrons. The summed E-state index contributed by atoms with van der Waals surface area (Å²) in [6.07, 6.45) is 3.72. The third-order valence-corrected chi connectivity index (χ3v) is 6.20. The molecule has 146 valence electrons. The van der Waals surface area contributed by atoms with Gasteiger partial charge in [-0.2, -0.15) is 0 Å². The fourth-order valence-corrected chi connectivity index (χ4v) is 4.51. The Morgan fingerprint density at radius 1 is 1.18 bits per heavy atom. The van der Waals surface area contributed by atoms with Crippen LogP contribution in [0, 0.1) is 0 Å². The van der Waals surface area contributed by atoms with Gasteiger partial charge < -0.3 is 16.0 Å². The van der Waals surface area contributed by atoms with E-state index in [0.717, 1.165) is 42.7 Å². The number of nitrogens with one attached hydrogen (secondary N) is 2. The molecule has 3 heterocycles. The summed E-state index contributed by atoms with van der Waals surface area (Å²) in [6.45, 7) is 3.46. The topological polar surface area (TPSA) is 91.2 Å². The summed E-state index contributed by atoms with van der Waals surface area (Å²) in [7, 11) is 0. The number of pyridine rings is 1. The van der Waals surface area contributed by atoms with Gasteiger partial charge in [0.1, 0.15) is 0 Å². The zero-order valence-corrected chi connectivity index (χ0v) is 16.4. The summed E-state index contributed by atoms with van der Waals surface area (Å²) >= 11 is 1.40. The van der Waals surface area contributed by atoms with Crippen molar-refractivity contribution < 1.29 is 4.79 Å². The normalized spacial score (nSPS) is 15.8. The maximum absolute atomic E-state index is 12.5. The largest absolute Gasteiger partial charge is 0.348 e. The standard InChI is InChI=1S/C21H24N4O2S/c22-16-6-9-25(10-7-16)12-15-3-1-14(2-4-15)11-24-20(26)17-13-28-18-5-8-23-21(27)19(17)18/h1-5,8,13,16H,6-7,9-12,22H2,(H,23,27)(H,24,26). The van der Waals surface area contributed by atoms with E-state index in [1.165, 1.54) is 16.9 Å². The molecule has 28 heavy (non-hydrogen) atoms. The number of aromatic amines is 1. The highest BCUT2D eigenvalue weighted by Crippen LogP contribution is 2.22. The second-order valence-corrected chi connectivity index (χ2v) is 8.22. The molecule has 0 spiro atoms. The molecule has 7 heteroatoms. The van der Waals surface area contributed by atoms with Crippen molar-refractivity contribution in [1.29, 1.82) is 0 Å². The molecular weight excluding hydrogens is 372 g/mol. The van der Waals surface area contributed by atoms with Gasteiger partial charge in [0.2, 0.25) is 0 Å². The van der Waals surface area contributed by atoms with Crippen LogP contribution in [0.5, 0.6) is 0 Å². The van der Waals surface area contributed by atoms with E-state index in [1.807, 2.05) is 18.2 Å². The van der Waals surface area contributed by atoms with Crippen LogP contribution in [0.2, 0.25) is 0 Å². The monoisotopic (exact) mass is 396 g/mol. The van der Waals surface area contributed by atoms with E-state index in [0.29, 0.717) is 23.5 Å². The van der Waals surface area contributed by atoms with Crippen molar-refractivity contribution >= 4 is 27.3 Å². The number of nitrogens with two attached hydrogens (primary N) is 1. The van der Waals surface area contributed by atoms with Crippen LogP contribution in [0.3, 0.4) is 0 Å². The van der Waals surface area contributed by atoms with Crippen molar-refractivity contribution in [3.63, 3.8) is 0 Å². The average molecular weight is 397 g/mol. The van der Waals surface area contributed by atoms with E-state index >= 15 is 0 Å². The molecule has 3 aromatic rings. The van der Waals surface area contributed by atoms with Crippen LogP contribution in [0.1, 0.15) is 34.3 Å². The quantitative estimate of drug-likeness (QED) is 0.618. The molecule has 0 aliphatic carbocycles. The first kappa shape index (κ1) is 18.9. The van der Waals surface area contributed by atoms with E-state index in [9.17, 15) is 9.59 Å². The number of amides is 1. The summed E-state index contributed by atoms with van der Waals surface area (Å²) < 4.78 is 0.817. The number of carbonyl (C=O) groups excluding carboxylic acids is 1. The van der Waals surface area contributed by atoms with Crippen molar-refractivity contribution in [2.45, 2.75) is 32.0 Å². The Kier molecular flexibility index (Phi) is 5.57. The zero-order valence-electron chi connectivity index (χ0n) is 15.6. The van der Waals surface area contributed by atoms with E-state index in [4.69, 9.17) is 5.73 Å². The fraction of sp³-hybridized carbons (Fsp3) is 0.333. The molecule has 1 amide bonds. The van der Waals surface area contributed by atoms with Crippen molar-refractivity contribution in [1.82, 2.24) is 15.2 Å². The predicted octanol–water partition coefficient (Wildman–Crippen LogP) is 2.44. The van der Waals surface area contributed by atoms with Crippen molar-refractivity contribution in [3.8, 4) is 0 Å². The van der Waals surface area contributed by atoms with Crippen LogP contribution in [0.25, 0.3) is 10.1 Å². The molecule has 1 saturated heterocycles. The van der Waals surface area contributed by atoms with E-state index in [2.05, 4.69) is 27.3 Å². The molecular formula is C21H24N4O2S. The van der Waals surface area contributed by atoms with Gasteiger partial charge in [0.15, 0.2) is 0 Å². The molecule has 4 rings (SSSR count). The number of rotatable bonds is 5. The lowest BCUT2D eigenvalue weighted by Crippen LogP contribution is -2.39. The molecule has 4 N–H and O–H groups in total. The molecule has 0 atom stereocenters. The number of H-pyrrole nitrogens is 1. The number of aromatic nitrogens is 1. The van der Waals surface area contributed by atoms with Crippen LogP contribution < -0.4 is 16.6 Å². The van der Waals surface area contributed by atoms with Crippen LogP contribution in [0.4, 0.5) is 0 Å². The first-order chi connectivity index (χ1) is 13.6. The van der Waals surface area contributed by atoms with Crippen LogP contribution >= 0.6 is 11.3 Å². The van der Waals surface area contributed by atoms with E-state index in [-0.39, 0.29) is 11.5 Å². The third-order valence-electron chi connectivity index (χ3n) is 5.25. The maximum Gasteiger partial charge on any atom is 0.257 e. The molecule has 1 fully saturated rings. The number of benzene rings is 1. The number of likely N-dealkylation sites (tertiary alicyclic amines) is 1. The zero-order chi connectivity index (χ0) is 19.5. The Labute approximate surface area is 167 Å². The Hall–Kier alpha value is -2.48. The molecule has 1 aliphatic heterocycles. The van der Waals surface area contributed by atoms with Gasteiger partial charge in [-0.1, -0.05) is 24.3 Å². The van der Waals surface area contributed by atoms with Gasteiger partial charge in [-0.3, -0.25) is 14.5 Å². The molecule has 1 aliphatic rings. The number of fused-ring (bicyclic) bond motifs is 1. The number of hydrogen-bond acceptors (Lipinski definition) is 5. The second-order valence-electron chi connectivity index (χ2n) is 7.31. The lowest BCUT2D eigenvalue weighted by atomic mass is 10.0. The minimum Gasteiger partial charge on any atom is -0.348 e. The van der Waals surface area contributed by atoms with Gasteiger partial charge in [0, 0.05) is 35.4 Å². The van der Waals surface area contributed by atoms with E-state index < -0.39 is 0 Å². The van der Waals surface area contributed by atoms with Crippen molar-refractivity contribution in [2.75, 3.05) is 13.1 Å². The van der Waals surface area contributed by atoms with Gasteiger partial charge in [0.25, 0.3) is 11.5 Å². The minimum absolute atomic E-state index is 0.225. The van der Waals surface area contributed by atoms with Crippen LogP contribution in [-0.4, -0.2) is 34.9 Å². The fourth-order valence-electron chi connectivity index (χ4n) is 3.57. The highest BCUT2D eigenvalue weighted by Gasteiger charge is 2.16. The lowest BCUT2D eigenvalue weighted by Gasteiger charge is -2.30. The molecule has 0 bridgehead atoms. The highest BCUT2D eigenvalue weighted by molar-refractivity contribution is 7.17. The summed E-state index contributed by atoms with van der Waals surface area (Å²) in [5.41, 5.74) is 8.46. The van der Waals surface area contributed by atoms with Crippen molar-refractivity contribution in [2.24, 2.45) is 5.73 Å². The van der Waals surface area contributed by atoms with Crippen LogP contribution in [0.15, 0.2) is 46.7 Å². The van der Waals surface area contributed by atoms with Crippen molar-refractivity contribution in [3.05, 3.63) is 69.0 Å². The Balaban J connectivity index is 1.35. The summed E-state index contributed by atoms with van der Waals surface area (Å²) in [4.78, 5) is 29.6. The first-order valence-corrected chi connectivity index (χ1v) is 10.4. The second kappa shape index (κ2) is 8.26. The number of carbonyl (C=O) groups is 1. The van der Waals surface area contributed by atoms with Gasteiger partial charge in [0.05, 0.1) is 10.9 Å². The van der Waals surface area contributed by atoms with Crippen LogP contribution in [-0.2, 0) is 13.1 Å². The smallest absolute Gasteiger partial charge is 0.257 e. The predicted molar refractivity (Wildman–Crippen MR) is 113 cm³/mol. The summed E-state index contributed by atoms with van der Waals surface area (Å²) in [6, 6.07) is 10.5. The van der Waals surface area contributed by atoms with Gasteiger partial charge in [-0.05, 0) is 43.1 Å². The Bertz CT molecular complexity index is 1020. The van der Waals surface area contributed by atoms with Gasteiger partial charge >= 0.3 is 0 Å². The molecule has 2 aromatic heterocycles. The summed E-state index contributed by atoms with van der Waals surface area (Å²) in [5.74, 6) is -0.225. The Morgan fingerprint density at radius 2 is 1.89 bits per heavy atom. The SMILES string of the molecule is NC1CCN(Cc2ccc(CNC(=O)c3csc4cc[nH]c(=O)c34)cc2)CC1. The average Bonchev–Trinajstić information content (AvgIpc) is 3.15. The number of thiophene rings is 1. The third kappa shape index (κ3) is 4.16. The summed E-state index contributed by atoms with van der Waals surface area (Å²) in [5, 5.41) is 5.12. The van der Waals surface area contributed by atoms with E-state index in [1.54, 1.807) is 11.6 Å². The minimum atomic E-state index is -0.230. The molecule has 0 saturated carbocycles.